The van der Waals surface area contributed by atoms with E-state index >= 15 is 0 Å². The SMILES string of the molecule is Cc1cc(S(=O)(=O)N2CCN(CC(=O)N3CCCCCC3)CC2)ccc1Br. The summed E-state index contributed by atoms with van der Waals surface area (Å²) in [4.78, 5) is 16.9. The molecule has 0 atom stereocenters. The number of hydrogen-bond donors (Lipinski definition) is 0. The van der Waals surface area contributed by atoms with E-state index in [1.54, 1.807) is 18.2 Å². The number of aryl methyl sites for hydroxylation is 1. The van der Waals surface area contributed by atoms with Crippen LogP contribution in [0.25, 0.3) is 0 Å². The third-order valence-corrected chi connectivity index (χ3v) is 8.20. The average Bonchev–Trinajstić information content (AvgIpc) is 2.94. The van der Waals surface area contributed by atoms with Crippen LogP contribution in [0, 0.1) is 6.92 Å². The predicted octanol–water partition coefficient (Wildman–Crippen LogP) is 2.47. The number of sulfonamides is 1. The van der Waals surface area contributed by atoms with Gasteiger partial charge in [0.1, 0.15) is 0 Å². The van der Waals surface area contributed by atoms with Gasteiger partial charge in [0.2, 0.25) is 15.9 Å². The van der Waals surface area contributed by atoms with Crippen molar-refractivity contribution in [1.82, 2.24) is 14.1 Å². The van der Waals surface area contributed by atoms with Crippen molar-refractivity contribution in [3.05, 3.63) is 28.2 Å². The van der Waals surface area contributed by atoms with E-state index in [0.29, 0.717) is 37.6 Å². The van der Waals surface area contributed by atoms with Crippen LogP contribution in [0.5, 0.6) is 0 Å². The van der Waals surface area contributed by atoms with Gasteiger partial charge in [0.05, 0.1) is 11.4 Å². The average molecular weight is 458 g/mol. The van der Waals surface area contributed by atoms with Crippen LogP contribution in [0.2, 0.25) is 0 Å². The molecule has 0 unspecified atom stereocenters. The monoisotopic (exact) mass is 457 g/mol. The van der Waals surface area contributed by atoms with Crippen molar-refractivity contribution in [2.75, 3.05) is 45.8 Å². The Morgan fingerprint density at radius 1 is 1.00 bits per heavy atom. The Morgan fingerprint density at radius 2 is 1.63 bits per heavy atom. The molecule has 0 spiro atoms. The quantitative estimate of drug-likeness (QED) is 0.696. The van der Waals surface area contributed by atoms with E-state index in [1.807, 2.05) is 11.8 Å². The minimum absolute atomic E-state index is 0.178. The van der Waals surface area contributed by atoms with Gasteiger partial charge in [-0.1, -0.05) is 28.8 Å². The van der Waals surface area contributed by atoms with Gasteiger partial charge in [-0.2, -0.15) is 4.31 Å². The van der Waals surface area contributed by atoms with Gasteiger partial charge in [-0.3, -0.25) is 9.69 Å². The minimum atomic E-state index is -3.49. The molecule has 8 heteroatoms. The Hall–Kier alpha value is -0.960. The second-order valence-electron chi connectivity index (χ2n) is 7.39. The Bertz CT molecular complexity index is 768. The van der Waals surface area contributed by atoms with E-state index in [1.165, 1.54) is 17.1 Å². The zero-order valence-electron chi connectivity index (χ0n) is 15.9. The number of rotatable bonds is 4. The second-order valence-corrected chi connectivity index (χ2v) is 10.2. The fourth-order valence-electron chi connectivity index (χ4n) is 3.67. The highest BCUT2D eigenvalue weighted by Crippen LogP contribution is 2.23. The Kier molecular flexibility index (Phi) is 6.94. The number of amides is 1. The molecule has 2 aliphatic heterocycles. The van der Waals surface area contributed by atoms with Crippen LogP contribution >= 0.6 is 15.9 Å². The van der Waals surface area contributed by atoms with Crippen molar-refractivity contribution in [3.63, 3.8) is 0 Å². The summed E-state index contributed by atoms with van der Waals surface area (Å²) in [7, 11) is -3.49. The Labute approximate surface area is 170 Å². The summed E-state index contributed by atoms with van der Waals surface area (Å²) in [6, 6.07) is 5.12. The van der Waals surface area contributed by atoms with Crippen LogP contribution in [-0.2, 0) is 14.8 Å². The number of piperazine rings is 1. The van der Waals surface area contributed by atoms with Gasteiger partial charge >= 0.3 is 0 Å². The molecular weight excluding hydrogens is 430 g/mol. The lowest BCUT2D eigenvalue weighted by molar-refractivity contribution is -0.132. The van der Waals surface area contributed by atoms with Gasteiger partial charge in [-0.25, -0.2) is 8.42 Å². The van der Waals surface area contributed by atoms with Crippen LogP contribution in [0.1, 0.15) is 31.2 Å². The summed E-state index contributed by atoms with van der Waals surface area (Å²) in [6.07, 6.45) is 4.58. The summed E-state index contributed by atoms with van der Waals surface area (Å²) >= 11 is 3.41. The second kappa shape index (κ2) is 9.03. The fourth-order valence-corrected chi connectivity index (χ4v) is 5.42. The fraction of sp³-hybridized carbons (Fsp3) is 0.632. The number of hydrogen-bond acceptors (Lipinski definition) is 4. The molecule has 2 saturated heterocycles. The molecule has 2 fully saturated rings. The molecule has 3 rings (SSSR count). The topological polar surface area (TPSA) is 60.9 Å². The lowest BCUT2D eigenvalue weighted by atomic mass is 10.2. The molecule has 1 aromatic rings. The third kappa shape index (κ3) is 5.10. The number of halogens is 1. The maximum atomic E-state index is 12.9. The van der Waals surface area contributed by atoms with Crippen LogP contribution in [0.4, 0.5) is 0 Å². The first kappa shape index (κ1) is 20.8. The van der Waals surface area contributed by atoms with Crippen molar-refractivity contribution in [2.24, 2.45) is 0 Å². The van der Waals surface area contributed by atoms with E-state index in [4.69, 9.17) is 0 Å². The number of carbonyl (C=O) groups excluding carboxylic acids is 1. The molecule has 2 heterocycles. The lowest BCUT2D eigenvalue weighted by Crippen LogP contribution is -2.51. The van der Waals surface area contributed by atoms with Gasteiger partial charge in [0, 0.05) is 43.7 Å². The van der Waals surface area contributed by atoms with E-state index < -0.39 is 10.0 Å². The van der Waals surface area contributed by atoms with Crippen LogP contribution < -0.4 is 0 Å². The standard InChI is InChI=1S/C19H28BrN3O3S/c1-16-14-17(6-7-18(16)20)27(25,26)23-12-10-21(11-13-23)15-19(24)22-8-4-2-3-5-9-22/h6-7,14H,2-5,8-13,15H2,1H3. The molecule has 0 N–H and O–H groups in total. The highest BCUT2D eigenvalue weighted by Gasteiger charge is 2.30. The zero-order valence-corrected chi connectivity index (χ0v) is 18.3. The molecule has 0 aliphatic carbocycles. The molecule has 0 bridgehead atoms. The van der Waals surface area contributed by atoms with Crippen molar-refractivity contribution >= 4 is 31.9 Å². The number of nitrogens with zero attached hydrogens (tertiary/aromatic N) is 3. The summed E-state index contributed by atoms with van der Waals surface area (Å²) in [5.74, 6) is 0.178. The highest BCUT2D eigenvalue weighted by atomic mass is 79.9. The molecule has 0 radical (unpaired) electrons. The molecule has 1 aromatic carbocycles. The summed E-state index contributed by atoms with van der Waals surface area (Å²) in [6.45, 7) is 6.02. The van der Waals surface area contributed by atoms with Gasteiger partial charge in [-0.15, -0.1) is 0 Å². The molecule has 0 aromatic heterocycles. The van der Waals surface area contributed by atoms with E-state index in [2.05, 4.69) is 20.8 Å². The van der Waals surface area contributed by atoms with E-state index in [-0.39, 0.29) is 5.91 Å². The van der Waals surface area contributed by atoms with Crippen molar-refractivity contribution in [2.45, 2.75) is 37.5 Å². The number of likely N-dealkylation sites (tertiary alicyclic amines) is 1. The molecule has 27 heavy (non-hydrogen) atoms. The maximum absolute atomic E-state index is 12.9. The zero-order chi connectivity index (χ0) is 19.4. The summed E-state index contributed by atoms with van der Waals surface area (Å²) in [5, 5.41) is 0. The first-order chi connectivity index (χ1) is 12.9. The lowest BCUT2D eigenvalue weighted by Gasteiger charge is -2.34. The Morgan fingerprint density at radius 3 is 2.22 bits per heavy atom. The molecule has 150 valence electrons. The highest BCUT2D eigenvalue weighted by molar-refractivity contribution is 9.10. The Balaban J connectivity index is 1.56. The third-order valence-electron chi connectivity index (χ3n) is 5.42. The smallest absolute Gasteiger partial charge is 0.243 e. The summed E-state index contributed by atoms with van der Waals surface area (Å²) < 4.78 is 28.2. The van der Waals surface area contributed by atoms with Crippen LogP contribution in [-0.4, -0.2) is 74.2 Å². The number of carbonyl (C=O) groups is 1. The van der Waals surface area contributed by atoms with Crippen LogP contribution in [0.3, 0.4) is 0 Å². The van der Waals surface area contributed by atoms with Gasteiger partial charge in [0.15, 0.2) is 0 Å². The largest absolute Gasteiger partial charge is 0.342 e. The molecule has 0 saturated carbocycles. The van der Waals surface area contributed by atoms with Gasteiger partial charge in [0.25, 0.3) is 0 Å². The van der Waals surface area contributed by atoms with E-state index in [9.17, 15) is 13.2 Å². The van der Waals surface area contributed by atoms with Gasteiger partial charge < -0.3 is 4.90 Å². The van der Waals surface area contributed by atoms with Crippen LogP contribution in [0.15, 0.2) is 27.6 Å². The first-order valence-electron chi connectivity index (χ1n) is 9.64. The molecule has 2 aliphatic rings. The van der Waals surface area contributed by atoms with Crippen molar-refractivity contribution in [1.29, 1.82) is 0 Å². The predicted molar refractivity (Wildman–Crippen MR) is 109 cm³/mol. The molecular formula is C19H28BrN3O3S. The number of benzene rings is 1. The molecule has 1 amide bonds. The maximum Gasteiger partial charge on any atom is 0.243 e. The normalized spacial score (nSPS) is 20.4. The summed E-state index contributed by atoms with van der Waals surface area (Å²) in [5.41, 5.74) is 0.901. The van der Waals surface area contributed by atoms with Gasteiger partial charge in [-0.05, 0) is 43.5 Å². The van der Waals surface area contributed by atoms with Crippen molar-refractivity contribution < 1.29 is 13.2 Å². The minimum Gasteiger partial charge on any atom is -0.342 e. The van der Waals surface area contributed by atoms with E-state index in [0.717, 1.165) is 36.0 Å². The first-order valence-corrected chi connectivity index (χ1v) is 11.9. The molecule has 6 nitrogen and oxygen atoms in total. The van der Waals surface area contributed by atoms with Crippen molar-refractivity contribution in [3.8, 4) is 0 Å².